The van der Waals surface area contributed by atoms with Gasteiger partial charge in [0.05, 0.1) is 12.6 Å². The minimum Gasteiger partial charge on any atom is -0.508 e. The number of phenolic OH excluding ortho intramolecular Hbond substituents is 1. The van der Waals surface area contributed by atoms with Gasteiger partial charge in [-0.1, -0.05) is 12.1 Å². The smallest absolute Gasteiger partial charge is 0.219 e. The lowest BCUT2D eigenvalue weighted by Crippen LogP contribution is -2.28. The number of likely N-dealkylation sites (N-methyl/N-ethyl adjacent to an activating group) is 1. The number of hydrogen-bond acceptors (Lipinski definition) is 3. The molecule has 0 aliphatic carbocycles. The lowest BCUT2D eigenvalue weighted by Gasteiger charge is -2.19. The van der Waals surface area contributed by atoms with Gasteiger partial charge in [0.15, 0.2) is 0 Å². The molecule has 4 heteroatoms. The number of benzene rings is 1. The summed E-state index contributed by atoms with van der Waals surface area (Å²) in [6.07, 6.45) is -0.723. The Morgan fingerprint density at radius 1 is 1.40 bits per heavy atom. The van der Waals surface area contributed by atoms with E-state index >= 15 is 0 Å². The summed E-state index contributed by atoms with van der Waals surface area (Å²) in [4.78, 5) is 12.4. The number of phenols is 1. The first-order chi connectivity index (χ1) is 7.00. The highest BCUT2D eigenvalue weighted by atomic mass is 16.3. The zero-order valence-corrected chi connectivity index (χ0v) is 8.84. The quantitative estimate of drug-likeness (QED) is 0.777. The van der Waals surface area contributed by atoms with Gasteiger partial charge in [0.2, 0.25) is 5.91 Å². The number of aromatic hydroxyl groups is 1. The van der Waals surface area contributed by atoms with Gasteiger partial charge in [-0.25, -0.2) is 0 Å². The number of nitrogens with zero attached hydrogens (tertiary/aromatic N) is 1. The van der Waals surface area contributed by atoms with Crippen molar-refractivity contribution in [2.75, 3.05) is 13.6 Å². The van der Waals surface area contributed by atoms with Gasteiger partial charge in [0.25, 0.3) is 0 Å². The minimum absolute atomic E-state index is 0.0900. The predicted octanol–water partition coefficient (Wildman–Crippen LogP) is 0.904. The summed E-state index contributed by atoms with van der Waals surface area (Å²) in [6.45, 7) is 1.70. The van der Waals surface area contributed by atoms with Crippen molar-refractivity contribution in [3.05, 3.63) is 29.8 Å². The molecule has 4 nitrogen and oxygen atoms in total. The zero-order valence-electron chi connectivity index (χ0n) is 8.84. The van der Waals surface area contributed by atoms with Crippen molar-refractivity contribution in [1.82, 2.24) is 4.90 Å². The van der Waals surface area contributed by atoms with Gasteiger partial charge in [0, 0.05) is 14.0 Å². The van der Waals surface area contributed by atoms with E-state index in [4.69, 9.17) is 5.11 Å². The van der Waals surface area contributed by atoms with Crippen molar-refractivity contribution in [1.29, 1.82) is 0 Å². The zero-order chi connectivity index (χ0) is 11.4. The fraction of sp³-hybridized carbons (Fsp3) is 0.364. The summed E-state index contributed by atoms with van der Waals surface area (Å²) in [5.41, 5.74) is 0.681. The molecule has 1 aromatic rings. The third-order valence-electron chi connectivity index (χ3n) is 2.26. The highest BCUT2D eigenvalue weighted by molar-refractivity contribution is 5.72. The van der Waals surface area contributed by atoms with Gasteiger partial charge < -0.3 is 15.1 Å². The standard InChI is InChI=1S/C11H15NO3/c1-8(13)12(2)7-11(15)9-3-5-10(14)6-4-9/h3-6,11,14-15H,7H2,1-2H3. The summed E-state index contributed by atoms with van der Waals surface area (Å²) in [5.74, 6) is 0.0682. The van der Waals surface area contributed by atoms with Crippen LogP contribution >= 0.6 is 0 Å². The number of carbonyl (C=O) groups is 1. The fourth-order valence-electron chi connectivity index (χ4n) is 1.19. The van der Waals surface area contributed by atoms with Crippen LogP contribution in [0.2, 0.25) is 0 Å². The van der Waals surface area contributed by atoms with Crippen LogP contribution in [0, 0.1) is 0 Å². The van der Waals surface area contributed by atoms with E-state index in [1.165, 1.54) is 24.0 Å². The van der Waals surface area contributed by atoms with Crippen molar-refractivity contribution < 1.29 is 15.0 Å². The maximum absolute atomic E-state index is 10.9. The van der Waals surface area contributed by atoms with Gasteiger partial charge in [-0.05, 0) is 17.7 Å². The SMILES string of the molecule is CC(=O)N(C)CC(O)c1ccc(O)cc1. The van der Waals surface area contributed by atoms with E-state index in [1.54, 1.807) is 19.2 Å². The van der Waals surface area contributed by atoms with Crippen LogP contribution in [-0.2, 0) is 4.79 Å². The molecule has 0 saturated carbocycles. The van der Waals surface area contributed by atoms with E-state index in [9.17, 15) is 9.90 Å². The van der Waals surface area contributed by atoms with Crippen LogP contribution in [-0.4, -0.2) is 34.6 Å². The lowest BCUT2D eigenvalue weighted by atomic mass is 10.1. The van der Waals surface area contributed by atoms with Crippen LogP contribution in [0.5, 0.6) is 5.75 Å². The van der Waals surface area contributed by atoms with Crippen molar-refractivity contribution in [2.24, 2.45) is 0 Å². The van der Waals surface area contributed by atoms with E-state index in [0.29, 0.717) is 5.56 Å². The topological polar surface area (TPSA) is 60.8 Å². The average Bonchev–Trinajstić information content (AvgIpc) is 2.18. The second-order valence-electron chi connectivity index (χ2n) is 3.51. The number of rotatable bonds is 3. The van der Waals surface area contributed by atoms with Gasteiger partial charge in [-0.15, -0.1) is 0 Å². The van der Waals surface area contributed by atoms with E-state index in [0.717, 1.165) is 0 Å². The second kappa shape index (κ2) is 4.79. The third-order valence-corrected chi connectivity index (χ3v) is 2.26. The molecular formula is C11H15NO3. The molecule has 1 rings (SSSR count). The van der Waals surface area contributed by atoms with Crippen LogP contribution in [0.15, 0.2) is 24.3 Å². The molecule has 2 N–H and O–H groups in total. The summed E-state index contributed by atoms with van der Waals surface area (Å²) in [6, 6.07) is 6.28. The molecule has 0 aliphatic heterocycles. The fourth-order valence-corrected chi connectivity index (χ4v) is 1.19. The molecule has 0 aliphatic rings. The molecule has 0 heterocycles. The molecule has 0 radical (unpaired) electrons. The Morgan fingerprint density at radius 2 is 1.93 bits per heavy atom. The summed E-state index contributed by atoms with van der Waals surface area (Å²) < 4.78 is 0. The normalized spacial score (nSPS) is 12.2. The van der Waals surface area contributed by atoms with Crippen LogP contribution in [0.4, 0.5) is 0 Å². The molecule has 0 saturated heterocycles. The van der Waals surface area contributed by atoms with E-state index in [-0.39, 0.29) is 18.2 Å². The van der Waals surface area contributed by atoms with Crippen molar-refractivity contribution in [3.63, 3.8) is 0 Å². The summed E-state index contributed by atoms with van der Waals surface area (Å²) in [7, 11) is 1.63. The molecule has 0 spiro atoms. The molecule has 1 aromatic carbocycles. The van der Waals surface area contributed by atoms with Gasteiger partial charge in [0.1, 0.15) is 5.75 Å². The molecule has 0 fully saturated rings. The molecule has 1 atom stereocenters. The summed E-state index contributed by atoms with van der Waals surface area (Å²) >= 11 is 0. The highest BCUT2D eigenvalue weighted by Gasteiger charge is 2.11. The number of aliphatic hydroxyl groups excluding tert-OH is 1. The Kier molecular flexibility index (Phi) is 3.68. The van der Waals surface area contributed by atoms with Gasteiger partial charge in [-0.3, -0.25) is 4.79 Å². The van der Waals surface area contributed by atoms with Crippen molar-refractivity contribution in [3.8, 4) is 5.75 Å². The predicted molar refractivity (Wildman–Crippen MR) is 56.4 cm³/mol. The molecule has 1 amide bonds. The first kappa shape index (κ1) is 11.5. The Balaban J connectivity index is 2.64. The van der Waals surface area contributed by atoms with Crippen LogP contribution < -0.4 is 0 Å². The highest BCUT2D eigenvalue weighted by Crippen LogP contribution is 2.17. The Morgan fingerprint density at radius 3 is 2.40 bits per heavy atom. The first-order valence-corrected chi connectivity index (χ1v) is 4.69. The molecule has 15 heavy (non-hydrogen) atoms. The molecule has 0 aromatic heterocycles. The second-order valence-corrected chi connectivity index (χ2v) is 3.51. The third kappa shape index (κ3) is 3.25. The van der Waals surface area contributed by atoms with Gasteiger partial charge in [-0.2, -0.15) is 0 Å². The molecule has 1 unspecified atom stereocenters. The Labute approximate surface area is 88.8 Å². The Hall–Kier alpha value is -1.55. The monoisotopic (exact) mass is 209 g/mol. The van der Waals surface area contributed by atoms with Crippen molar-refractivity contribution >= 4 is 5.91 Å². The molecular weight excluding hydrogens is 194 g/mol. The molecule has 82 valence electrons. The first-order valence-electron chi connectivity index (χ1n) is 4.69. The number of aliphatic hydroxyl groups is 1. The van der Waals surface area contributed by atoms with Gasteiger partial charge >= 0.3 is 0 Å². The minimum atomic E-state index is -0.723. The maximum atomic E-state index is 10.9. The van der Waals surface area contributed by atoms with E-state index in [1.807, 2.05) is 0 Å². The van der Waals surface area contributed by atoms with Crippen LogP contribution in [0.3, 0.4) is 0 Å². The average molecular weight is 209 g/mol. The number of carbonyl (C=O) groups excluding carboxylic acids is 1. The Bertz CT molecular complexity index is 334. The van der Waals surface area contributed by atoms with E-state index in [2.05, 4.69) is 0 Å². The summed E-state index contributed by atoms with van der Waals surface area (Å²) in [5, 5.41) is 18.8. The lowest BCUT2D eigenvalue weighted by molar-refractivity contribution is -0.128. The van der Waals surface area contributed by atoms with Crippen LogP contribution in [0.25, 0.3) is 0 Å². The molecule has 0 bridgehead atoms. The van der Waals surface area contributed by atoms with Crippen LogP contribution in [0.1, 0.15) is 18.6 Å². The largest absolute Gasteiger partial charge is 0.508 e. The maximum Gasteiger partial charge on any atom is 0.219 e. The van der Waals surface area contributed by atoms with E-state index < -0.39 is 6.10 Å². The van der Waals surface area contributed by atoms with Crippen molar-refractivity contribution in [2.45, 2.75) is 13.0 Å². The number of hydrogen-bond donors (Lipinski definition) is 2. The number of amides is 1.